The van der Waals surface area contributed by atoms with Gasteiger partial charge in [-0.2, -0.15) is 0 Å². The SMILES string of the molecule is Cc1csc(C(N)c2ccco2)n1. The minimum atomic E-state index is -0.228. The number of aryl methyl sites for hydroxylation is 1. The third kappa shape index (κ3) is 1.64. The summed E-state index contributed by atoms with van der Waals surface area (Å²) >= 11 is 1.56. The summed E-state index contributed by atoms with van der Waals surface area (Å²) in [4.78, 5) is 4.30. The Kier molecular flexibility index (Phi) is 2.16. The van der Waals surface area contributed by atoms with E-state index < -0.39 is 0 Å². The first-order chi connectivity index (χ1) is 6.27. The molecular weight excluding hydrogens is 184 g/mol. The fourth-order valence-electron chi connectivity index (χ4n) is 1.10. The van der Waals surface area contributed by atoms with Gasteiger partial charge in [0.25, 0.3) is 0 Å². The molecule has 0 aromatic carbocycles. The van der Waals surface area contributed by atoms with Crippen molar-refractivity contribution in [3.05, 3.63) is 40.2 Å². The Labute approximate surface area is 80.2 Å². The Hall–Kier alpha value is -1.13. The molecule has 2 aromatic rings. The lowest BCUT2D eigenvalue weighted by atomic mass is 10.2. The van der Waals surface area contributed by atoms with E-state index >= 15 is 0 Å². The van der Waals surface area contributed by atoms with Crippen molar-refractivity contribution in [3.63, 3.8) is 0 Å². The van der Waals surface area contributed by atoms with Crippen LogP contribution in [0.2, 0.25) is 0 Å². The second-order valence-electron chi connectivity index (χ2n) is 2.82. The fourth-order valence-corrected chi connectivity index (χ4v) is 1.91. The van der Waals surface area contributed by atoms with Gasteiger partial charge in [0, 0.05) is 11.1 Å². The van der Waals surface area contributed by atoms with Crippen LogP contribution in [0.1, 0.15) is 22.5 Å². The number of hydrogen-bond acceptors (Lipinski definition) is 4. The molecule has 0 saturated heterocycles. The molecule has 1 unspecified atom stereocenters. The van der Waals surface area contributed by atoms with Crippen LogP contribution < -0.4 is 5.73 Å². The van der Waals surface area contributed by atoms with Gasteiger partial charge in [-0.05, 0) is 19.1 Å². The van der Waals surface area contributed by atoms with E-state index in [9.17, 15) is 0 Å². The Morgan fingerprint density at radius 2 is 2.46 bits per heavy atom. The van der Waals surface area contributed by atoms with Crippen molar-refractivity contribution in [1.82, 2.24) is 4.98 Å². The summed E-state index contributed by atoms with van der Waals surface area (Å²) in [5, 5.41) is 2.88. The molecular formula is C9H10N2OS. The van der Waals surface area contributed by atoms with E-state index in [0.29, 0.717) is 0 Å². The highest BCUT2D eigenvalue weighted by Crippen LogP contribution is 2.22. The molecule has 0 saturated carbocycles. The topological polar surface area (TPSA) is 52.0 Å². The normalized spacial score (nSPS) is 13.1. The monoisotopic (exact) mass is 194 g/mol. The summed E-state index contributed by atoms with van der Waals surface area (Å²) in [6, 6.07) is 3.46. The number of aromatic nitrogens is 1. The fraction of sp³-hybridized carbons (Fsp3) is 0.222. The molecule has 0 amide bonds. The van der Waals surface area contributed by atoms with Crippen molar-refractivity contribution in [2.45, 2.75) is 13.0 Å². The zero-order chi connectivity index (χ0) is 9.26. The number of thiazole rings is 1. The number of furan rings is 1. The minimum absolute atomic E-state index is 0.228. The van der Waals surface area contributed by atoms with Gasteiger partial charge in [-0.25, -0.2) is 4.98 Å². The first kappa shape index (κ1) is 8.47. The van der Waals surface area contributed by atoms with Crippen LogP contribution in [0.25, 0.3) is 0 Å². The zero-order valence-corrected chi connectivity index (χ0v) is 8.04. The lowest BCUT2D eigenvalue weighted by molar-refractivity contribution is 0.489. The van der Waals surface area contributed by atoms with E-state index in [1.807, 2.05) is 24.4 Å². The molecule has 0 fully saturated rings. The van der Waals surface area contributed by atoms with E-state index in [1.54, 1.807) is 17.6 Å². The lowest BCUT2D eigenvalue weighted by Gasteiger charge is -2.03. The Morgan fingerprint density at radius 1 is 1.62 bits per heavy atom. The average molecular weight is 194 g/mol. The number of hydrogen-bond donors (Lipinski definition) is 1. The van der Waals surface area contributed by atoms with E-state index in [4.69, 9.17) is 10.2 Å². The molecule has 0 aliphatic rings. The van der Waals surface area contributed by atoms with Crippen LogP contribution in [0.5, 0.6) is 0 Å². The molecule has 2 heterocycles. The van der Waals surface area contributed by atoms with E-state index in [-0.39, 0.29) is 6.04 Å². The summed E-state index contributed by atoms with van der Waals surface area (Å²) in [6.45, 7) is 1.95. The van der Waals surface area contributed by atoms with Crippen LogP contribution in [0.15, 0.2) is 28.2 Å². The molecule has 0 bridgehead atoms. The predicted molar refractivity (Wildman–Crippen MR) is 51.6 cm³/mol. The van der Waals surface area contributed by atoms with Crippen molar-refractivity contribution in [3.8, 4) is 0 Å². The number of rotatable bonds is 2. The summed E-state index contributed by atoms with van der Waals surface area (Å²) in [6.07, 6.45) is 1.62. The van der Waals surface area contributed by atoms with Crippen LogP contribution in [0.3, 0.4) is 0 Å². The summed E-state index contributed by atoms with van der Waals surface area (Å²) in [5.74, 6) is 0.759. The molecule has 2 rings (SSSR count). The third-order valence-corrected chi connectivity index (χ3v) is 2.80. The Bertz CT molecular complexity index is 380. The second-order valence-corrected chi connectivity index (χ2v) is 3.71. The van der Waals surface area contributed by atoms with Crippen LogP contribution in [0, 0.1) is 6.92 Å². The molecule has 0 aliphatic heterocycles. The highest BCUT2D eigenvalue weighted by atomic mass is 32.1. The highest BCUT2D eigenvalue weighted by Gasteiger charge is 2.14. The van der Waals surface area contributed by atoms with Gasteiger partial charge in [-0.15, -0.1) is 11.3 Å². The summed E-state index contributed by atoms with van der Waals surface area (Å²) < 4.78 is 5.20. The van der Waals surface area contributed by atoms with Crippen molar-refractivity contribution >= 4 is 11.3 Å². The average Bonchev–Trinajstić information content (AvgIpc) is 2.72. The maximum absolute atomic E-state index is 5.93. The Morgan fingerprint density at radius 3 is 3.00 bits per heavy atom. The number of nitrogens with two attached hydrogens (primary N) is 1. The second kappa shape index (κ2) is 3.32. The quantitative estimate of drug-likeness (QED) is 0.796. The first-order valence-electron chi connectivity index (χ1n) is 3.98. The van der Waals surface area contributed by atoms with Gasteiger partial charge < -0.3 is 10.2 Å². The standard InChI is InChI=1S/C9H10N2OS/c1-6-5-13-9(11-6)8(10)7-3-2-4-12-7/h2-5,8H,10H2,1H3. The van der Waals surface area contributed by atoms with Gasteiger partial charge in [-0.3, -0.25) is 0 Å². The van der Waals surface area contributed by atoms with Gasteiger partial charge in [-0.1, -0.05) is 0 Å². The van der Waals surface area contributed by atoms with Gasteiger partial charge in [0.2, 0.25) is 0 Å². The predicted octanol–water partition coefficient (Wildman–Crippen LogP) is 2.09. The smallest absolute Gasteiger partial charge is 0.127 e. The molecule has 0 aliphatic carbocycles. The van der Waals surface area contributed by atoms with E-state index in [1.165, 1.54) is 0 Å². The van der Waals surface area contributed by atoms with Gasteiger partial charge in [0.05, 0.1) is 6.26 Å². The summed E-state index contributed by atoms with van der Waals surface area (Å²) in [7, 11) is 0. The van der Waals surface area contributed by atoms with Crippen LogP contribution in [-0.4, -0.2) is 4.98 Å². The summed E-state index contributed by atoms with van der Waals surface area (Å²) in [5.41, 5.74) is 6.93. The lowest BCUT2D eigenvalue weighted by Crippen LogP contribution is -2.10. The maximum atomic E-state index is 5.93. The van der Waals surface area contributed by atoms with Gasteiger partial charge >= 0.3 is 0 Å². The molecule has 4 heteroatoms. The molecule has 0 radical (unpaired) electrons. The van der Waals surface area contributed by atoms with Crippen LogP contribution in [-0.2, 0) is 0 Å². The highest BCUT2D eigenvalue weighted by molar-refractivity contribution is 7.09. The molecule has 3 nitrogen and oxygen atoms in total. The molecule has 1 atom stereocenters. The minimum Gasteiger partial charge on any atom is -0.467 e. The maximum Gasteiger partial charge on any atom is 0.127 e. The van der Waals surface area contributed by atoms with Crippen molar-refractivity contribution < 1.29 is 4.42 Å². The van der Waals surface area contributed by atoms with Crippen LogP contribution >= 0.6 is 11.3 Å². The molecule has 68 valence electrons. The van der Waals surface area contributed by atoms with Crippen molar-refractivity contribution in [2.24, 2.45) is 5.73 Å². The van der Waals surface area contributed by atoms with Gasteiger partial charge in [0.15, 0.2) is 0 Å². The van der Waals surface area contributed by atoms with Crippen LogP contribution in [0.4, 0.5) is 0 Å². The van der Waals surface area contributed by atoms with E-state index in [0.717, 1.165) is 16.5 Å². The largest absolute Gasteiger partial charge is 0.467 e. The van der Waals surface area contributed by atoms with Crippen molar-refractivity contribution in [1.29, 1.82) is 0 Å². The molecule has 2 aromatic heterocycles. The first-order valence-corrected chi connectivity index (χ1v) is 4.86. The third-order valence-electron chi connectivity index (χ3n) is 1.75. The zero-order valence-electron chi connectivity index (χ0n) is 7.23. The molecule has 2 N–H and O–H groups in total. The number of nitrogens with zero attached hydrogens (tertiary/aromatic N) is 1. The van der Waals surface area contributed by atoms with Gasteiger partial charge in [0.1, 0.15) is 16.8 Å². The molecule has 0 spiro atoms. The van der Waals surface area contributed by atoms with Crippen molar-refractivity contribution in [2.75, 3.05) is 0 Å². The van der Waals surface area contributed by atoms with E-state index in [2.05, 4.69) is 4.98 Å². The molecule has 13 heavy (non-hydrogen) atoms. The Balaban J connectivity index is 2.28.